The third kappa shape index (κ3) is 8.94. The Balaban J connectivity index is 2.82. The fraction of sp³-hybridized carbons (Fsp3) is 0.750. The molecule has 0 aromatic rings. The quantitative estimate of drug-likeness (QED) is 0.543. The largest absolute Gasteiger partial charge is 0.381 e. The van der Waals surface area contributed by atoms with Crippen LogP contribution in [0.5, 0.6) is 0 Å². The molecule has 0 aliphatic rings. The van der Waals surface area contributed by atoms with Crippen LogP contribution in [0.2, 0.25) is 0 Å². The van der Waals surface area contributed by atoms with Crippen LogP contribution in [0, 0.1) is 22.7 Å². The molecule has 0 atom stereocenters. The van der Waals surface area contributed by atoms with Gasteiger partial charge in [0.1, 0.15) is 0 Å². The summed E-state index contributed by atoms with van der Waals surface area (Å²) in [4.78, 5) is 0. The van der Waals surface area contributed by atoms with Crippen LogP contribution in [0.1, 0.15) is 25.7 Å². The highest BCUT2D eigenvalue weighted by Gasteiger charge is 1.88. The molecular weight excluding hydrogens is 140 g/mol. The third-order valence-electron chi connectivity index (χ3n) is 1.15. The van der Waals surface area contributed by atoms with Crippen molar-refractivity contribution in [1.29, 1.82) is 10.5 Å². The Kier molecular flexibility index (Phi) is 8.08. The molecule has 0 bridgehead atoms. The second kappa shape index (κ2) is 8.94. The second-order valence-electron chi connectivity index (χ2n) is 2.14. The van der Waals surface area contributed by atoms with Crippen LogP contribution in [0.3, 0.4) is 0 Å². The zero-order valence-electron chi connectivity index (χ0n) is 6.55. The van der Waals surface area contributed by atoms with Gasteiger partial charge in [0.05, 0.1) is 12.1 Å². The first-order chi connectivity index (χ1) is 5.41. The summed E-state index contributed by atoms with van der Waals surface area (Å²) < 4.78 is 5.14. The molecule has 0 aliphatic heterocycles. The van der Waals surface area contributed by atoms with Gasteiger partial charge in [0.2, 0.25) is 0 Å². The van der Waals surface area contributed by atoms with Crippen molar-refractivity contribution in [3.63, 3.8) is 0 Å². The van der Waals surface area contributed by atoms with Crippen molar-refractivity contribution in [2.45, 2.75) is 25.7 Å². The number of hydrogen-bond acceptors (Lipinski definition) is 3. The average molecular weight is 152 g/mol. The van der Waals surface area contributed by atoms with Crippen molar-refractivity contribution in [3.8, 4) is 12.1 Å². The van der Waals surface area contributed by atoms with E-state index >= 15 is 0 Å². The minimum Gasteiger partial charge on any atom is -0.381 e. The molecule has 0 saturated heterocycles. The Morgan fingerprint density at radius 3 is 1.73 bits per heavy atom. The van der Waals surface area contributed by atoms with E-state index in [9.17, 15) is 0 Å². The molecule has 0 fully saturated rings. The lowest BCUT2D eigenvalue weighted by atomic mass is 10.3. The summed E-state index contributed by atoms with van der Waals surface area (Å²) in [6.07, 6.45) is 2.70. The van der Waals surface area contributed by atoms with Gasteiger partial charge in [-0.25, -0.2) is 0 Å². The van der Waals surface area contributed by atoms with E-state index < -0.39 is 0 Å². The molecule has 0 aromatic heterocycles. The van der Waals surface area contributed by atoms with Gasteiger partial charge in [-0.05, 0) is 12.8 Å². The van der Waals surface area contributed by atoms with E-state index in [2.05, 4.69) is 0 Å². The van der Waals surface area contributed by atoms with Crippen LogP contribution in [0.25, 0.3) is 0 Å². The van der Waals surface area contributed by atoms with Crippen LogP contribution in [0.15, 0.2) is 0 Å². The van der Waals surface area contributed by atoms with Crippen LogP contribution in [-0.4, -0.2) is 13.2 Å². The van der Waals surface area contributed by atoms with Crippen molar-refractivity contribution < 1.29 is 4.74 Å². The topological polar surface area (TPSA) is 56.8 Å². The van der Waals surface area contributed by atoms with E-state index in [1.54, 1.807) is 0 Å². The lowest BCUT2D eigenvalue weighted by molar-refractivity contribution is 0.131. The molecule has 0 saturated carbocycles. The number of hydrogen-bond donors (Lipinski definition) is 0. The number of nitrogens with zero attached hydrogens (tertiary/aromatic N) is 2. The summed E-state index contributed by atoms with van der Waals surface area (Å²) in [5.74, 6) is 0. The predicted octanol–water partition coefficient (Wildman–Crippen LogP) is 1.61. The predicted molar refractivity (Wildman–Crippen MR) is 40.5 cm³/mol. The fourth-order valence-electron chi connectivity index (χ4n) is 0.609. The van der Waals surface area contributed by atoms with Crippen molar-refractivity contribution in [2.75, 3.05) is 13.2 Å². The molecule has 3 heteroatoms. The Bertz CT molecular complexity index is 136. The summed E-state index contributed by atoms with van der Waals surface area (Å²) in [5, 5.41) is 16.3. The summed E-state index contributed by atoms with van der Waals surface area (Å²) in [6, 6.07) is 4.07. The molecule has 0 heterocycles. The first-order valence-electron chi connectivity index (χ1n) is 3.73. The van der Waals surface area contributed by atoms with E-state index in [4.69, 9.17) is 15.3 Å². The molecule has 0 unspecified atom stereocenters. The van der Waals surface area contributed by atoms with Crippen molar-refractivity contribution in [1.82, 2.24) is 0 Å². The maximum absolute atomic E-state index is 8.16. The lowest BCUT2D eigenvalue weighted by Crippen LogP contribution is -1.95. The average Bonchev–Trinajstić information content (AvgIpc) is 2.03. The van der Waals surface area contributed by atoms with Gasteiger partial charge >= 0.3 is 0 Å². The Labute approximate surface area is 67.2 Å². The summed E-state index contributed by atoms with van der Waals surface area (Å²) in [5.41, 5.74) is 0. The highest BCUT2D eigenvalue weighted by atomic mass is 16.5. The van der Waals surface area contributed by atoms with Gasteiger partial charge in [-0.15, -0.1) is 0 Å². The van der Waals surface area contributed by atoms with E-state index in [0.717, 1.165) is 12.8 Å². The molecule has 0 radical (unpaired) electrons. The fourth-order valence-corrected chi connectivity index (χ4v) is 0.609. The van der Waals surface area contributed by atoms with Gasteiger partial charge in [0.25, 0.3) is 0 Å². The molecule has 0 spiro atoms. The highest BCUT2D eigenvalue weighted by Crippen LogP contribution is 1.91. The number of ether oxygens (including phenoxy) is 1. The minimum atomic E-state index is 0.554. The van der Waals surface area contributed by atoms with Gasteiger partial charge in [0.15, 0.2) is 0 Å². The van der Waals surface area contributed by atoms with Crippen molar-refractivity contribution in [3.05, 3.63) is 0 Å². The molecule has 3 nitrogen and oxygen atoms in total. The number of rotatable bonds is 6. The summed E-state index contributed by atoms with van der Waals surface area (Å²) >= 11 is 0. The maximum Gasteiger partial charge on any atom is 0.0622 e. The normalized spacial score (nSPS) is 8.55. The van der Waals surface area contributed by atoms with Gasteiger partial charge in [-0.3, -0.25) is 0 Å². The smallest absolute Gasteiger partial charge is 0.0622 e. The lowest BCUT2D eigenvalue weighted by Gasteiger charge is -1.98. The molecule has 0 aromatic carbocycles. The Morgan fingerprint density at radius 1 is 0.909 bits per heavy atom. The van der Waals surface area contributed by atoms with Gasteiger partial charge in [-0.2, -0.15) is 10.5 Å². The SMILES string of the molecule is N#CCCCOCCCC#N. The van der Waals surface area contributed by atoms with Crippen molar-refractivity contribution >= 4 is 0 Å². The van der Waals surface area contributed by atoms with Crippen LogP contribution in [0.4, 0.5) is 0 Å². The number of nitriles is 2. The third-order valence-corrected chi connectivity index (χ3v) is 1.15. The van der Waals surface area contributed by atoms with Crippen LogP contribution >= 0.6 is 0 Å². The van der Waals surface area contributed by atoms with E-state index in [0.29, 0.717) is 26.1 Å². The van der Waals surface area contributed by atoms with E-state index in [-0.39, 0.29) is 0 Å². The molecule has 11 heavy (non-hydrogen) atoms. The van der Waals surface area contributed by atoms with Crippen LogP contribution in [-0.2, 0) is 4.74 Å². The highest BCUT2D eigenvalue weighted by molar-refractivity contribution is 4.68. The number of unbranched alkanes of at least 4 members (excludes halogenated alkanes) is 2. The molecule has 0 N–H and O–H groups in total. The van der Waals surface area contributed by atoms with Crippen LogP contribution < -0.4 is 0 Å². The molecule has 0 amide bonds. The molecule has 0 rings (SSSR count). The van der Waals surface area contributed by atoms with E-state index in [1.807, 2.05) is 12.1 Å². The monoisotopic (exact) mass is 152 g/mol. The molecular formula is C8H12N2O. The van der Waals surface area contributed by atoms with Crippen molar-refractivity contribution in [2.24, 2.45) is 0 Å². The zero-order valence-corrected chi connectivity index (χ0v) is 6.55. The van der Waals surface area contributed by atoms with Gasteiger partial charge in [-0.1, -0.05) is 0 Å². The zero-order chi connectivity index (χ0) is 8.36. The first kappa shape index (κ1) is 9.94. The van der Waals surface area contributed by atoms with Gasteiger partial charge < -0.3 is 4.74 Å². The maximum atomic E-state index is 8.16. The van der Waals surface area contributed by atoms with E-state index in [1.165, 1.54) is 0 Å². The Morgan fingerprint density at radius 2 is 1.36 bits per heavy atom. The second-order valence-corrected chi connectivity index (χ2v) is 2.14. The standard InChI is InChI=1S/C8H12N2O/c9-5-1-3-7-11-8-4-2-6-10/h1-4,7-8H2. The first-order valence-corrected chi connectivity index (χ1v) is 3.73. The summed E-state index contributed by atoms with van der Waals surface area (Å²) in [6.45, 7) is 1.28. The summed E-state index contributed by atoms with van der Waals surface area (Å²) in [7, 11) is 0. The Hall–Kier alpha value is -1.06. The molecule has 60 valence electrons. The molecule has 0 aliphatic carbocycles. The minimum absolute atomic E-state index is 0.554. The van der Waals surface area contributed by atoms with Gasteiger partial charge in [0, 0.05) is 26.1 Å².